The Hall–Kier alpha value is -1.51. The fraction of sp³-hybridized carbons (Fsp3) is 0.533. The molecule has 1 unspecified atom stereocenters. The minimum Gasteiger partial charge on any atom is -0.478 e. The van der Waals surface area contributed by atoms with Crippen molar-refractivity contribution in [3.05, 3.63) is 30.2 Å². The molecule has 0 amide bonds. The van der Waals surface area contributed by atoms with Crippen LogP contribution in [0.4, 0.5) is 0 Å². The molecule has 0 fully saturated rings. The monoisotopic (exact) mass is 250 g/mol. The van der Waals surface area contributed by atoms with Gasteiger partial charge in [-0.1, -0.05) is 45.6 Å². The highest BCUT2D eigenvalue weighted by Crippen LogP contribution is 2.22. The van der Waals surface area contributed by atoms with Crippen molar-refractivity contribution in [1.82, 2.24) is 0 Å². The lowest BCUT2D eigenvalue weighted by molar-refractivity contribution is -0.130. The van der Waals surface area contributed by atoms with Crippen LogP contribution in [-0.4, -0.2) is 11.1 Å². The molecule has 0 aliphatic heterocycles. The smallest absolute Gasteiger partial charge is 0.339 e. The maximum atomic E-state index is 11.2. The Kier molecular flexibility index (Phi) is 6.26. The summed E-state index contributed by atoms with van der Waals surface area (Å²) in [5.74, 6) is 0.0809. The molecule has 0 bridgehead atoms. The van der Waals surface area contributed by atoms with Crippen LogP contribution in [0.3, 0.4) is 0 Å². The molecule has 1 rings (SSSR count). The van der Waals surface area contributed by atoms with Gasteiger partial charge in [-0.05, 0) is 24.5 Å². The summed E-state index contributed by atoms with van der Waals surface area (Å²) in [6, 6.07) is 3.40. The van der Waals surface area contributed by atoms with E-state index in [1.54, 1.807) is 18.2 Å². The molecule has 0 saturated heterocycles. The second-order valence-corrected chi connectivity index (χ2v) is 4.55. The molecule has 100 valence electrons. The van der Waals surface area contributed by atoms with E-state index < -0.39 is 5.97 Å². The van der Waals surface area contributed by atoms with Crippen molar-refractivity contribution >= 4 is 11.5 Å². The predicted octanol–water partition coefficient (Wildman–Crippen LogP) is 4.35. The lowest BCUT2D eigenvalue weighted by atomic mass is 9.94. The van der Waals surface area contributed by atoms with Crippen molar-refractivity contribution in [2.75, 3.05) is 0 Å². The van der Waals surface area contributed by atoms with Crippen molar-refractivity contribution in [2.24, 2.45) is 5.92 Å². The van der Waals surface area contributed by atoms with Crippen LogP contribution in [0.5, 0.6) is 0 Å². The molecule has 0 radical (unpaired) electrons. The number of furan rings is 1. The van der Waals surface area contributed by atoms with E-state index in [9.17, 15) is 9.90 Å². The van der Waals surface area contributed by atoms with Crippen LogP contribution in [0.1, 0.15) is 51.7 Å². The van der Waals surface area contributed by atoms with Crippen LogP contribution >= 0.6 is 0 Å². The van der Waals surface area contributed by atoms with Gasteiger partial charge < -0.3 is 9.52 Å². The lowest BCUT2D eigenvalue weighted by Gasteiger charge is -2.11. The van der Waals surface area contributed by atoms with Crippen LogP contribution in [0.25, 0.3) is 5.57 Å². The molecule has 0 spiro atoms. The van der Waals surface area contributed by atoms with Gasteiger partial charge in [-0.25, -0.2) is 4.79 Å². The number of carboxylic acid groups (broad SMARTS) is 1. The molecule has 0 saturated carbocycles. The quantitative estimate of drug-likeness (QED) is 0.697. The molecule has 3 nitrogen and oxygen atoms in total. The summed E-state index contributed by atoms with van der Waals surface area (Å²) >= 11 is 0. The number of rotatable bonds is 8. The molecular weight excluding hydrogens is 228 g/mol. The Labute approximate surface area is 109 Å². The third-order valence-electron chi connectivity index (χ3n) is 3.22. The molecule has 1 aromatic heterocycles. The Bertz CT molecular complexity index is 376. The summed E-state index contributed by atoms with van der Waals surface area (Å²) in [4.78, 5) is 11.2. The Morgan fingerprint density at radius 2 is 2.28 bits per heavy atom. The van der Waals surface area contributed by atoms with E-state index in [1.807, 2.05) is 0 Å². The summed E-state index contributed by atoms with van der Waals surface area (Å²) in [5, 5.41) is 9.18. The first-order chi connectivity index (χ1) is 8.69. The fourth-order valence-corrected chi connectivity index (χ4v) is 1.99. The van der Waals surface area contributed by atoms with Gasteiger partial charge in [0.05, 0.1) is 11.8 Å². The molecule has 1 aromatic rings. The zero-order valence-corrected chi connectivity index (χ0v) is 11.2. The third-order valence-corrected chi connectivity index (χ3v) is 3.22. The van der Waals surface area contributed by atoms with E-state index in [-0.39, 0.29) is 5.57 Å². The molecular formula is C15H22O3. The lowest BCUT2D eigenvalue weighted by Crippen LogP contribution is -2.02. The molecule has 18 heavy (non-hydrogen) atoms. The van der Waals surface area contributed by atoms with E-state index in [4.69, 9.17) is 4.42 Å². The normalized spacial score (nSPS) is 13.6. The van der Waals surface area contributed by atoms with Crippen molar-refractivity contribution in [2.45, 2.75) is 46.0 Å². The van der Waals surface area contributed by atoms with E-state index in [0.29, 0.717) is 11.7 Å². The maximum absolute atomic E-state index is 11.2. The fourth-order valence-electron chi connectivity index (χ4n) is 1.99. The summed E-state index contributed by atoms with van der Waals surface area (Å²) < 4.78 is 5.15. The molecule has 0 aliphatic carbocycles. The highest BCUT2D eigenvalue weighted by Gasteiger charge is 2.14. The van der Waals surface area contributed by atoms with Crippen LogP contribution in [0, 0.1) is 5.92 Å². The van der Waals surface area contributed by atoms with Gasteiger partial charge in [-0.15, -0.1) is 0 Å². The second kappa shape index (κ2) is 7.75. The Balaban J connectivity index is 2.68. The van der Waals surface area contributed by atoms with E-state index in [0.717, 1.165) is 19.3 Å². The standard InChI is InChI=1S/C15H22O3/c1-3-5-7-12(4-2)9-10-13(15(16)17)14-8-6-11-18-14/h6,8,10-12H,3-5,7,9H2,1-2H3,(H,16,17). The Morgan fingerprint density at radius 1 is 1.50 bits per heavy atom. The van der Waals surface area contributed by atoms with Crippen molar-refractivity contribution in [3.8, 4) is 0 Å². The van der Waals surface area contributed by atoms with E-state index in [1.165, 1.54) is 19.1 Å². The van der Waals surface area contributed by atoms with E-state index in [2.05, 4.69) is 13.8 Å². The van der Waals surface area contributed by atoms with Crippen molar-refractivity contribution in [3.63, 3.8) is 0 Å². The SMILES string of the molecule is CCCCC(CC)CC=C(C(=O)O)c1ccco1. The minimum absolute atomic E-state index is 0.273. The average Bonchev–Trinajstić information content (AvgIpc) is 2.86. The van der Waals surface area contributed by atoms with Gasteiger partial charge >= 0.3 is 5.97 Å². The number of hydrogen-bond donors (Lipinski definition) is 1. The first kappa shape index (κ1) is 14.6. The summed E-state index contributed by atoms with van der Waals surface area (Å²) in [6.07, 6.45) is 8.74. The Morgan fingerprint density at radius 3 is 2.78 bits per heavy atom. The molecule has 1 N–H and O–H groups in total. The van der Waals surface area contributed by atoms with Gasteiger partial charge in [0, 0.05) is 0 Å². The van der Waals surface area contributed by atoms with Crippen LogP contribution < -0.4 is 0 Å². The van der Waals surface area contributed by atoms with Gasteiger partial charge in [0.2, 0.25) is 0 Å². The summed E-state index contributed by atoms with van der Waals surface area (Å²) in [5.41, 5.74) is 0.273. The zero-order chi connectivity index (χ0) is 13.4. The maximum Gasteiger partial charge on any atom is 0.339 e. The molecule has 1 atom stereocenters. The van der Waals surface area contributed by atoms with Crippen LogP contribution in [0.2, 0.25) is 0 Å². The zero-order valence-electron chi connectivity index (χ0n) is 11.2. The number of aliphatic carboxylic acids is 1. The van der Waals surface area contributed by atoms with Crippen LogP contribution in [0.15, 0.2) is 28.9 Å². The second-order valence-electron chi connectivity index (χ2n) is 4.55. The number of allylic oxidation sites excluding steroid dienone is 1. The van der Waals surface area contributed by atoms with Gasteiger partial charge in [0.15, 0.2) is 0 Å². The number of carbonyl (C=O) groups is 1. The largest absolute Gasteiger partial charge is 0.478 e. The summed E-state index contributed by atoms with van der Waals surface area (Å²) in [7, 11) is 0. The van der Waals surface area contributed by atoms with Crippen molar-refractivity contribution < 1.29 is 14.3 Å². The minimum atomic E-state index is -0.921. The summed E-state index contributed by atoms with van der Waals surface area (Å²) in [6.45, 7) is 4.33. The highest BCUT2D eigenvalue weighted by molar-refractivity contribution is 6.14. The van der Waals surface area contributed by atoms with E-state index >= 15 is 0 Å². The molecule has 3 heteroatoms. The molecule has 1 heterocycles. The number of unbranched alkanes of at least 4 members (excludes halogenated alkanes) is 1. The first-order valence-electron chi connectivity index (χ1n) is 6.66. The van der Waals surface area contributed by atoms with Crippen LogP contribution in [-0.2, 0) is 4.79 Å². The topological polar surface area (TPSA) is 50.4 Å². The van der Waals surface area contributed by atoms with Gasteiger partial charge in [0.1, 0.15) is 5.76 Å². The van der Waals surface area contributed by atoms with Gasteiger partial charge in [0.25, 0.3) is 0 Å². The third kappa shape index (κ3) is 4.40. The highest BCUT2D eigenvalue weighted by atomic mass is 16.4. The first-order valence-corrected chi connectivity index (χ1v) is 6.66. The number of carboxylic acids is 1. The van der Waals surface area contributed by atoms with Gasteiger partial charge in [-0.2, -0.15) is 0 Å². The average molecular weight is 250 g/mol. The molecule has 0 aliphatic rings. The van der Waals surface area contributed by atoms with Crippen molar-refractivity contribution in [1.29, 1.82) is 0 Å². The molecule has 0 aromatic carbocycles. The van der Waals surface area contributed by atoms with Gasteiger partial charge in [-0.3, -0.25) is 0 Å². The predicted molar refractivity (Wildman–Crippen MR) is 72.2 cm³/mol. The number of hydrogen-bond acceptors (Lipinski definition) is 2.